The molecule has 40 heavy (non-hydrogen) atoms. The van der Waals surface area contributed by atoms with Crippen molar-refractivity contribution >= 4 is 0 Å². The predicted molar refractivity (Wildman–Crippen MR) is 123 cm³/mol. The molecule has 0 bridgehead atoms. The molecule has 3 rings (SSSR count). The van der Waals surface area contributed by atoms with Gasteiger partial charge in [0.25, 0.3) is 0 Å². The van der Waals surface area contributed by atoms with Gasteiger partial charge in [-0.05, 0) is 43.7 Å². The van der Waals surface area contributed by atoms with Crippen LogP contribution in [0.15, 0.2) is 65.5 Å². The molecule has 0 N–H and O–H groups in total. The Balaban J connectivity index is 1.90. The van der Waals surface area contributed by atoms with Crippen molar-refractivity contribution in [1.29, 1.82) is 0 Å². The van der Waals surface area contributed by atoms with Gasteiger partial charge in [-0.2, -0.15) is 22.0 Å². The lowest BCUT2D eigenvalue weighted by Crippen LogP contribution is -2.25. The third kappa shape index (κ3) is 7.05. The van der Waals surface area contributed by atoms with Crippen LogP contribution in [0.5, 0.6) is 0 Å². The Morgan fingerprint density at radius 2 is 1.50 bits per heavy atom. The highest BCUT2D eigenvalue weighted by molar-refractivity contribution is 5.65. The van der Waals surface area contributed by atoms with Gasteiger partial charge in [-0.3, -0.25) is 0 Å². The Labute approximate surface area is 222 Å². The molecule has 1 heterocycles. The molecular formula is C27H22F10O3. The summed E-state index contributed by atoms with van der Waals surface area (Å²) in [7, 11) is 0. The number of benzene rings is 2. The number of allylic oxidation sites excluding steroid dienone is 5. The third-order valence-electron chi connectivity index (χ3n) is 5.64. The number of rotatable bonds is 7. The van der Waals surface area contributed by atoms with Crippen LogP contribution in [0.25, 0.3) is 11.1 Å². The van der Waals surface area contributed by atoms with Crippen molar-refractivity contribution in [3.63, 3.8) is 0 Å². The summed E-state index contributed by atoms with van der Waals surface area (Å²) in [5.41, 5.74) is -4.91. The minimum absolute atomic E-state index is 0.124. The molecule has 1 saturated heterocycles. The van der Waals surface area contributed by atoms with Crippen molar-refractivity contribution in [2.45, 2.75) is 39.3 Å². The first-order chi connectivity index (χ1) is 18.5. The lowest BCUT2D eigenvalue weighted by molar-refractivity contribution is -0.224. The van der Waals surface area contributed by atoms with Crippen molar-refractivity contribution in [1.82, 2.24) is 0 Å². The highest BCUT2D eigenvalue weighted by Gasteiger charge is 2.43. The van der Waals surface area contributed by atoms with Gasteiger partial charge in [-0.25, -0.2) is 22.0 Å². The third-order valence-corrected chi connectivity index (χ3v) is 5.64. The van der Waals surface area contributed by atoms with E-state index in [1.165, 1.54) is 6.07 Å². The molecule has 2 aromatic carbocycles. The zero-order chi connectivity index (χ0) is 30.0. The van der Waals surface area contributed by atoms with Gasteiger partial charge in [0.2, 0.25) is 0 Å². The van der Waals surface area contributed by atoms with Crippen LogP contribution in [-0.4, -0.2) is 19.4 Å². The molecule has 0 aromatic heterocycles. The molecule has 0 spiro atoms. The number of alkyl halides is 5. The summed E-state index contributed by atoms with van der Waals surface area (Å²) < 4.78 is 155. The number of hydrogen-bond donors (Lipinski definition) is 0. The van der Waals surface area contributed by atoms with Crippen LogP contribution >= 0.6 is 0 Å². The number of hydrogen-bond acceptors (Lipinski definition) is 3. The fourth-order valence-electron chi connectivity index (χ4n) is 3.77. The second-order valence-electron chi connectivity index (χ2n) is 8.87. The summed E-state index contributed by atoms with van der Waals surface area (Å²) in [6, 6.07) is 4.29. The molecule has 1 aliphatic rings. The SMILES string of the molecule is C\C=C(/C=C(F)\C(=C(/C)F)C(F)(F)F)OC(F)(F)c1c(F)cc(-c2ccc(C3OCC(C)CO3)cc2F)cc1F. The minimum Gasteiger partial charge on any atom is -0.429 e. The summed E-state index contributed by atoms with van der Waals surface area (Å²) in [6.45, 7) is 3.83. The second kappa shape index (κ2) is 12.0. The van der Waals surface area contributed by atoms with Crippen molar-refractivity contribution in [2.24, 2.45) is 5.92 Å². The smallest absolute Gasteiger partial charge is 0.429 e. The Bertz CT molecular complexity index is 1310. The first-order valence-electron chi connectivity index (χ1n) is 11.6. The maximum atomic E-state index is 14.8. The Morgan fingerprint density at radius 1 is 0.925 bits per heavy atom. The molecule has 0 aliphatic carbocycles. The summed E-state index contributed by atoms with van der Waals surface area (Å²) >= 11 is 0. The van der Waals surface area contributed by atoms with E-state index in [4.69, 9.17) is 9.47 Å². The van der Waals surface area contributed by atoms with E-state index in [0.29, 0.717) is 38.3 Å². The van der Waals surface area contributed by atoms with Gasteiger partial charge in [0, 0.05) is 23.1 Å². The molecule has 3 nitrogen and oxygen atoms in total. The van der Waals surface area contributed by atoms with Crippen molar-refractivity contribution in [3.8, 4) is 11.1 Å². The fraction of sp³-hybridized carbons (Fsp3) is 0.333. The maximum absolute atomic E-state index is 14.8. The van der Waals surface area contributed by atoms with Crippen LogP contribution in [-0.2, 0) is 20.3 Å². The monoisotopic (exact) mass is 584 g/mol. The van der Waals surface area contributed by atoms with E-state index in [2.05, 4.69) is 4.74 Å². The number of ether oxygens (including phenoxy) is 3. The van der Waals surface area contributed by atoms with Gasteiger partial charge in [0.15, 0.2) is 6.29 Å². The lowest BCUT2D eigenvalue weighted by Gasteiger charge is -2.27. The van der Waals surface area contributed by atoms with Crippen molar-refractivity contribution in [2.75, 3.05) is 13.2 Å². The van der Waals surface area contributed by atoms with Gasteiger partial charge in [-0.15, -0.1) is 0 Å². The molecular weight excluding hydrogens is 562 g/mol. The van der Waals surface area contributed by atoms with Crippen LogP contribution in [0.1, 0.15) is 38.2 Å². The van der Waals surface area contributed by atoms with E-state index in [1.807, 2.05) is 6.92 Å². The lowest BCUT2D eigenvalue weighted by atomic mass is 10.00. The molecule has 13 heteroatoms. The topological polar surface area (TPSA) is 27.7 Å². The quantitative estimate of drug-likeness (QED) is 0.185. The van der Waals surface area contributed by atoms with Gasteiger partial charge in [0.05, 0.1) is 13.2 Å². The van der Waals surface area contributed by atoms with Crippen LogP contribution in [0, 0.1) is 23.4 Å². The molecule has 218 valence electrons. The Kier molecular flexibility index (Phi) is 9.40. The molecule has 0 saturated carbocycles. The number of halogens is 10. The Hall–Kier alpha value is -3.32. The molecule has 1 aliphatic heterocycles. The van der Waals surface area contributed by atoms with Gasteiger partial charge in [-0.1, -0.05) is 19.1 Å². The van der Waals surface area contributed by atoms with Crippen molar-refractivity contribution in [3.05, 3.63) is 94.0 Å². The zero-order valence-electron chi connectivity index (χ0n) is 21.1. The highest BCUT2D eigenvalue weighted by atomic mass is 19.4. The second-order valence-corrected chi connectivity index (χ2v) is 8.87. The molecule has 0 atom stereocenters. The summed E-state index contributed by atoms with van der Waals surface area (Å²) in [5, 5.41) is 0. The van der Waals surface area contributed by atoms with Crippen LogP contribution in [0.4, 0.5) is 43.9 Å². The fourth-order valence-corrected chi connectivity index (χ4v) is 3.77. The Morgan fingerprint density at radius 3 is 1.98 bits per heavy atom. The van der Waals surface area contributed by atoms with Crippen LogP contribution in [0.2, 0.25) is 0 Å². The largest absolute Gasteiger partial charge is 0.432 e. The summed E-state index contributed by atoms with van der Waals surface area (Å²) in [4.78, 5) is 0. The van der Waals surface area contributed by atoms with Gasteiger partial charge >= 0.3 is 12.3 Å². The first kappa shape index (κ1) is 31.2. The van der Waals surface area contributed by atoms with E-state index in [-0.39, 0.29) is 23.1 Å². The van der Waals surface area contributed by atoms with E-state index in [1.54, 1.807) is 0 Å². The molecule has 2 aromatic rings. The standard InChI is InChI=1S/C27H22F10O3/c1-4-17(10-22(32)23(14(3)28)26(33,34)35)40-27(36,37)24-20(30)8-16(9-21(24)31)18-6-5-15(7-19(18)29)25-38-11-13(2)12-39-25/h4-10,13,25H,11-12H2,1-3H3/b17-4+,22-10+,23-14-. The minimum atomic E-state index is -5.52. The average Bonchev–Trinajstić information content (AvgIpc) is 2.82. The highest BCUT2D eigenvalue weighted by Crippen LogP contribution is 2.40. The van der Waals surface area contributed by atoms with E-state index < -0.39 is 70.1 Å². The van der Waals surface area contributed by atoms with E-state index >= 15 is 0 Å². The maximum Gasteiger partial charge on any atom is 0.432 e. The predicted octanol–water partition coefficient (Wildman–Crippen LogP) is 9.08. The van der Waals surface area contributed by atoms with Crippen LogP contribution in [0.3, 0.4) is 0 Å². The molecule has 1 fully saturated rings. The van der Waals surface area contributed by atoms with Gasteiger partial charge in [0.1, 0.15) is 46.0 Å². The molecule has 0 radical (unpaired) electrons. The first-order valence-corrected chi connectivity index (χ1v) is 11.6. The van der Waals surface area contributed by atoms with Crippen molar-refractivity contribution < 1.29 is 58.1 Å². The molecule has 0 unspecified atom stereocenters. The summed E-state index contributed by atoms with van der Waals surface area (Å²) in [5.74, 6) is -10.2. The normalized spacial score (nSPS) is 19.9. The zero-order valence-corrected chi connectivity index (χ0v) is 21.1. The molecule has 0 amide bonds. The average molecular weight is 584 g/mol. The van der Waals surface area contributed by atoms with E-state index in [9.17, 15) is 43.9 Å². The summed E-state index contributed by atoms with van der Waals surface area (Å²) in [6.07, 6.45) is -10.9. The van der Waals surface area contributed by atoms with E-state index in [0.717, 1.165) is 19.1 Å². The van der Waals surface area contributed by atoms with Gasteiger partial charge < -0.3 is 14.2 Å². The van der Waals surface area contributed by atoms with Crippen LogP contribution < -0.4 is 0 Å².